The number of nitrogens with one attached hydrogen (secondary N) is 2. The molecule has 0 fully saturated rings. The minimum Gasteiger partial charge on any atom is -0.297 e. The molecule has 0 atom stereocenters. The summed E-state index contributed by atoms with van der Waals surface area (Å²) in [5, 5.41) is 1.95. The molecule has 0 aliphatic carbocycles. The van der Waals surface area contributed by atoms with Crippen molar-refractivity contribution in [1.29, 1.82) is 0 Å². The zero-order valence-corrected chi connectivity index (χ0v) is 21.2. The Hall–Kier alpha value is -2.67. The molecule has 4 rings (SSSR count). The number of aryl methyl sites for hydroxylation is 1. The van der Waals surface area contributed by atoms with Crippen molar-refractivity contribution in [2.24, 2.45) is 7.05 Å². The molecule has 2 aromatic carbocycles. The molecule has 0 radical (unpaired) electrons. The zero-order valence-electron chi connectivity index (χ0n) is 17.9. The van der Waals surface area contributed by atoms with Crippen molar-refractivity contribution in [2.45, 2.75) is 28.9 Å². The summed E-state index contributed by atoms with van der Waals surface area (Å²) in [4.78, 5) is 12.1. The Bertz CT molecular complexity index is 1600. The molecular formula is C21H21N3O5S4. The number of hydrogen-bond donors (Lipinski definition) is 2. The van der Waals surface area contributed by atoms with E-state index in [1.807, 2.05) is 13.8 Å². The second-order valence-electron chi connectivity index (χ2n) is 7.66. The van der Waals surface area contributed by atoms with Crippen molar-refractivity contribution in [3.8, 4) is 0 Å². The monoisotopic (exact) mass is 523 g/mol. The summed E-state index contributed by atoms with van der Waals surface area (Å²) in [6, 6.07) is 12.3. The van der Waals surface area contributed by atoms with Crippen LogP contribution in [0, 0.1) is 0 Å². The molecule has 12 heteroatoms. The first kappa shape index (κ1) is 23.5. The fourth-order valence-corrected chi connectivity index (χ4v) is 7.19. The van der Waals surface area contributed by atoms with E-state index in [1.54, 1.807) is 40.6 Å². The Morgan fingerprint density at radius 3 is 2.30 bits per heavy atom. The molecule has 33 heavy (non-hydrogen) atoms. The van der Waals surface area contributed by atoms with E-state index >= 15 is 0 Å². The Kier molecular flexibility index (Phi) is 6.12. The Morgan fingerprint density at radius 2 is 1.64 bits per heavy atom. The van der Waals surface area contributed by atoms with Gasteiger partial charge in [0.2, 0.25) is 0 Å². The highest BCUT2D eigenvalue weighted by atomic mass is 32.2. The van der Waals surface area contributed by atoms with E-state index in [4.69, 9.17) is 0 Å². The van der Waals surface area contributed by atoms with Crippen LogP contribution in [-0.2, 0) is 27.1 Å². The number of thiophene rings is 1. The molecule has 0 saturated heterocycles. The lowest BCUT2D eigenvalue weighted by atomic mass is 10.0. The van der Waals surface area contributed by atoms with E-state index in [0.29, 0.717) is 10.9 Å². The predicted molar refractivity (Wildman–Crippen MR) is 134 cm³/mol. The zero-order chi connectivity index (χ0) is 24.0. The molecule has 0 amide bonds. The molecule has 0 saturated carbocycles. The number of aromatic nitrogens is 1. The normalized spacial score (nSPS) is 12.4. The van der Waals surface area contributed by atoms with Crippen LogP contribution in [0.15, 0.2) is 67.8 Å². The second-order valence-corrected chi connectivity index (χ2v) is 13.3. The third-order valence-corrected chi connectivity index (χ3v) is 10.00. The first-order valence-corrected chi connectivity index (χ1v) is 14.4. The maximum absolute atomic E-state index is 13.2. The number of anilines is 2. The van der Waals surface area contributed by atoms with Crippen LogP contribution in [0.2, 0.25) is 0 Å². The van der Waals surface area contributed by atoms with E-state index in [9.17, 15) is 21.6 Å². The van der Waals surface area contributed by atoms with E-state index in [-0.39, 0.29) is 31.1 Å². The predicted octanol–water partition coefficient (Wildman–Crippen LogP) is 4.39. The van der Waals surface area contributed by atoms with Gasteiger partial charge in [0.15, 0.2) is 0 Å². The molecule has 8 nitrogen and oxygen atoms in total. The van der Waals surface area contributed by atoms with E-state index < -0.39 is 20.0 Å². The third kappa shape index (κ3) is 4.69. The van der Waals surface area contributed by atoms with Crippen molar-refractivity contribution >= 4 is 65.2 Å². The van der Waals surface area contributed by atoms with Gasteiger partial charge < -0.3 is 0 Å². The van der Waals surface area contributed by atoms with Crippen LogP contribution in [0.5, 0.6) is 0 Å². The van der Waals surface area contributed by atoms with Gasteiger partial charge in [-0.15, -0.1) is 11.3 Å². The lowest BCUT2D eigenvalue weighted by molar-refractivity contribution is 0.599. The third-order valence-electron chi connectivity index (χ3n) is 5.02. The Morgan fingerprint density at radius 1 is 0.909 bits per heavy atom. The van der Waals surface area contributed by atoms with Gasteiger partial charge in [0.1, 0.15) is 4.21 Å². The Balaban J connectivity index is 1.76. The van der Waals surface area contributed by atoms with Gasteiger partial charge in [0.25, 0.3) is 24.8 Å². The van der Waals surface area contributed by atoms with Crippen LogP contribution in [0.4, 0.5) is 11.4 Å². The molecule has 174 valence electrons. The second kappa shape index (κ2) is 8.60. The van der Waals surface area contributed by atoms with Gasteiger partial charge in [-0.05, 0) is 64.8 Å². The van der Waals surface area contributed by atoms with Crippen LogP contribution in [-0.4, -0.2) is 20.8 Å². The fraction of sp³-hybridized carbons (Fsp3) is 0.190. The minimum absolute atomic E-state index is 0.0846. The van der Waals surface area contributed by atoms with Crippen LogP contribution in [0.25, 0.3) is 10.9 Å². The molecule has 4 aromatic rings. The molecule has 2 heterocycles. The summed E-state index contributed by atoms with van der Waals surface area (Å²) in [6.45, 7) is 3.90. The summed E-state index contributed by atoms with van der Waals surface area (Å²) >= 11 is 2.05. The molecular weight excluding hydrogens is 503 g/mol. The van der Waals surface area contributed by atoms with Gasteiger partial charge in [0.05, 0.1) is 27.2 Å². The van der Waals surface area contributed by atoms with E-state index in [2.05, 4.69) is 9.44 Å². The first-order chi connectivity index (χ1) is 15.5. The van der Waals surface area contributed by atoms with Crippen molar-refractivity contribution in [3.63, 3.8) is 0 Å². The highest BCUT2D eigenvalue weighted by molar-refractivity contribution is 7.94. The lowest BCUT2D eigenvalue weighted by Crippen LogP contribution is -2.17. The number of fused-ring (bicyclic) bond motifs is 1. The molecule has 2 aromatic heterocycles. The van der Waals surface area contributed by atoms with Gasteiger partial charge in [0, 0.05) is 7.05 Å². The van der Waals surface area contributed by atoms with E-state index in [1.165, 1.54) is 24.3 Å². The smallest absolute Gasteiger partial charge is 0.271 e. The van der Waals surface area contributed by atoms with Gasteiger partial charge in [-0.1, -0.05) is 26.0 Å². The molecule has 2 N–H and O–H groups in total. The van der Waals surface area contributed by atoms with E-state index in [0.717, 1.165) is 28.4 Å². The highest BCUT2D eigenvalue weighted by Gasteiger charge is 2.22. The van der Waals surface area contributed by atoms with Crippen molar-refractivity contribution in [2.75, 3.05) is 9.44 Å². The topological polar surface area (TPSA) is 114 Å². The summed E-state index contributed by atoms with van der Waals surface area (Å²) in [5.74, 6) is 0.0846. The highest BCUT2D eigenvalue weighted by Crippen LogP contribution is 2.32. The SMILES string of the molecule is CC(C)c1ccc(NS(=O)(=O)c2cccs2)c(NS(=O)(=O)c2ccc3c(c2)c(=O)sn3C)c1. The van der Waals surface area contributed by atoms with Crippen LogP contribution >= 0.6 is 22.9 Å². The number of sulfonamides is 2. The molecule has 0 spiro atoms. The van der Waals surface area contributed by atoms with Crippen LogP contribution in [0.3, 0.4) is 0 Å². The van der Waals surface area contributed by atoms with Crippen molar-refractivity contribution < 1.29 is 16.8 Å². The minimum atomic E-state index is -4.11. The maximum atomic E-state index is 13.2. The van der Waals surface area contributed by atoms with Gasteiger partial charge in [-0.25, -0.2) is 16.8 Å². The van der Waals surface area contributed by atoms with Crippen molar-refractivity contribution in [3.05, 3.63) is 69.0 Å². The van der Waals surface area contributed by atoms with Crippen LogP contribution in [0.1, 0.15) is 25.3 Å². The number of rotatable bonds is 7. The Labute approximate surface area is 199 Å². The molecule has 0 aliphatic heterocycles. The lowest BCUT2D eigenvalue weighted by Gasteiger charge is -2.17. The van der Waals surface area contributed by atoms with Crippen molar-refractivity contribution in [1.82, 2.24) is 3.96 Å². The molecule has 0 unspecified atom stereocenters. The summed E-state index contributed by atoms with van der Waals surface area (Å²) in [5.41, 5.74) is 1.66. The van der Waals surface area contributed by atoms with Crippen LogP contribution < -0.4 is 14.2 Å². The molecule has 0 aliphatic rings. The fourth-order valence-electron chi connectivity index (χ4n) is 3.25. The summed E-state index contributed by atoms with van der Waals surface area (Å²) < 4.78 is 58.4. The first-order valence-electron chi connectivity index (χ1n) is 9.81. The largest absolute Gasteiger partial charge is 0.297 e. The number of benzene rings is 2. The number of nitrogens with zero attached hydrogens (tertiary/aromatic N) is 1. The quantitative estimate of drug-likeness (QED) is 0.373. The van der Waals surface area contributed by atoms with Gasteiger partial charge in [-0.2, -0.15) is 0 Å². The standard InChI is InChI=1S/C21H21N3O5S4/c1-13(2)14-6-8-17(22-33(28,29)20-5-4-10-30-20)18(11-14)23-32(26,27)15-7-9-19-16(12-15)21(25)31-24(19)3/h4-13,22-23H,1-3H3. The maximum Gasteiger partial charge on any atom is 0.271 e. The van der Waals surface area contributed by atoms with Gasteiger partial charge >= 0.3 is 0 Å². The average Bonchev–Trinajstić information content (AvgIpc) is 3.38. The van der Waals surface area contributed by atoms with Gasteiger partial charge in [-0.3, -0.25) is 18.2 Å². The average molecular weight is 524 g/mol. The number of hydrogen-bond acceptors (Lipinski definition) is 7. The molecule has 0 bridgehead atoms. The summed E-state index contributed by atoms with van der Waals surface area (Å²) in [7, 11) is -6.27. The summed E-state index contributed by atoms with van der Waals surface area (Å²) in [6.07, 6.45) is 0.